The van der Waals surface area contributed by atoms with Gasteiger partial charge >= 0.3 is 0 Å². The molecule has 0 saturated heterocycles. The van der Waals surface area contributed by atoms with Crippen molar-refractivity contribution in [1.29, 1.82) is 0 Å². The van der Waals surface area contributed by atoms with E-state index in [4.69, 9.17) is 11.6 Å². The Morgan fingerprint density at radius 2 is 2.21 bits per heavy atom. The predicted octanol–water partition coefficient (Wildman–Crippen LogP) is 4.48. The summed E-state index contributed by atoms with van der Waals surface area (Å²) in [6.45, 7) is 2.66. The average molecular weight is 297 g/mol. The molecule has 0 atom stereocenters. The van der Waals surface area contributed by atoms with E-state index in [2.05, 4.69) is 18.3 Å². The summed E-state index contributed by atoms with van der Waals surface area (Å²) in [5, 5.41) is 16.6. The van der Waals surface area contributed by atoms with E-state index in [9.17, 15) is 10.1 Å². The van der Waals surface area contributed by atoms with Gasteiger partial charge in [0.2, 0.25) is 0 Å². The molecule has 0 saturated carbocycles. The van der Waals surface area contributed by atoms with Gasteiger partial charge in [-0.1, -0.05) is 18.5 Å². The molecule has 0 aliphatic rings. The van der Waals surface area contributed by atoms with Crippen LogP contribution in [0.4, 0.5) is 11.4 Å². The molecule has 2 aromatic rings. The fraction of sp³-hybridized carbons (Fsp3) is 0.231. The van der Waals surface area contributed by atoms with Crippen LogP contribution in [-0.4, -0.2) is 4.92 Å². The van der Waals surface area contributed by atoms with Crippen LogP contribution in [0.25, 0.3) is 0 Å². The highest BCUT2D eigenvalue weighted by Crippen LogP contribution is 2.29. The quantitative estimate of drug-likeness (QED) is 0.653. The Morgan fingerprint density at radius 1 is 1.42 bits per heavy atom. The Labute approximate surface area is 120 Å². The minimum atomic E-state index is -0.409. The van der Waals surface area contributed by atoms with Gasteiger partial charge in [-0.05, 0) is 35.6 Å². The summed E-state index contributed by atoms with van der Waals surface area (Å²) in [5.74, 6) is 0. The molecule has 4 nitrogen and oxygen atoms in total. The summed E-state index contributed by atoms with van der Waals surface area (Å²) < 4.78 is 0. The van der Waals surface area contributed by atoms with E-state index >= 15 is 0 Å². The summed E-state index contributed by atoms with van der Waals surface area (Å²) in [4.78, 5) is 11.7. The lowest BCUT2D eigenvalue weighted by Crippen LogP contribution is -2.02. The standard InChI is InChI=1S/C13H13ClN2O2S/c1-2-9-5-6-19-13(9)8-15-11-7-10(14)3-4-12(11)16(17)18/h3-7,15H,2,8H2,1H3. The Balaban J connectivity index is 2.19. The van der Waals surface area contributed by atoms with Crippen LogP contribution in [0.3, 0.4) is 0 Å². The predicted molar refractivity (Wildman–Crippen MR) is 79.1 cm³/mol. The van der Waals surface area contributed by atoms with Crippen molar-refractivity contribution >= 4 is 34.3 Å². The number of nitro benzene ring substituents is 1. The van der Waals surface area contributed by atoms with E-state index in [-0.39, 0.29) is 5.69 Å². The molecule has 0 aliphatic carbocycles. The highest BCUT2D eigenvalue weighted by Gasteiger charge is 2.14. The van der Waals surface area contributed by atoms with Crippen molar-refractivity contribution in [2.45, 2.75) is 19.9 Å². The number of benzene rings is 1. The SMILES string of the molecule is CCc1ccsc1CNc1cc(Cl)ccc1[N+](=O)[O-]. The molecule has 0 fully saturated rings. The minimum Gasteiger partial charge on any atom is -0.375 e. The molecule has 0 aliphatic heterocycles. The van der Waals surface area contributed by atoms with Crippen LogP contribution in [0.5, 0.6) is 0 Å². The smallest absolute Gasteiger partial charge is 0.292 e. The molecule has 0 spiro atoms. The highest BCUT2D eigenvalue weighted by molar-refractivity contribution is 7.10. The monoisotopic (exact) mass is 296 g/mol. The van der Waals surface area contributed by atoms with Crippen LogP contribution < -0.4 is 5.32 Å². The minimum absolute atomic E-state index is 0.0407. The van der Waals surface area contributed by atoms with Crippen LogP contribution >= 0.6 is 22.9 Å². The molecule has 1 N–H and O–H groups in total. The summed E-state index contributed by atoms with van der Waals surface area (Å²) in [7, 11) is 0. The van der Waals surface area contributed by atoms with Crippen LogP contribution in [0.2, 0.25) is 5.02 Å². The number of hydrogen-bond acceptors (Lipinski definition) is 4. The number of halogens is 1. The first-order valence-electron chi connectivity index (χ1n) is 5.85. The van der Waals surface area contributed by atoms with Crippen molar-refractivity contribution in [2.24, 2.45) is 0 Å². The molecule has 2 rings (SSSR count). The zero-order valence-corrected chi connectivity index (χ0v) is 11.9. The van der Waals surface area contributed by atoms with Gasteiger partial charge in [-0.15, -0.1) is 11.3 Å². The zero-order chi connectivity index (χ0) is 13.8. The number of nitrogens with zero attached hydrogens (tertiary/aromatic N) is 1. The summed E-state index contributed by atoms with van der Waals surface area (Å²) in [5.41, 5.74) is 1.76. The van der Waals surface area contributed by atoms with E-state index in [0.717, 1.165) is 6.42 Å². The Kier molecular flexibility index (Phi) is 4.39. The second-order valence-corrected chi connectivity index (χ2v) is 5.43. The Bertz CT molecular complexity index is 598. The Hall–Kier alpha value is -1.59. The normalized spacial score (nSPS) is 10.4. The molecule has 0 unspecified atom stereocenters. The van der Waals surface area contributed by atoms with Gasteiger partial charge in [0.1, 0.15) is 5.69 Å². The van der Waals surface area contributed by atoms with Crippen molar-refractivity contribution in [3.63, 3.8) is 0 Å². The van der Waals surface area contributed by atoms with Crippen molar-refractivity contribution in [2.75, 3.05) is 5.32 Å². The second-order valence-electron chi connectivity index (χ2n) is 3.99. The summed E-state index contributed by atoms with van der Waals surface area (Å²) in [6, 6.07) is 6.60. The number of rotatable bonds is 5. The number of aryl methyl sites for hydroxylation is 1. The number of hydrogen-bond donors (Lipinski definition) is 1. The van der Waals surface area contributed by atoms with Crippen molar-refractivity contribution < 1.29 is 4.92 Å². The molecule has 6 heteroatoms. The first-order valence-corrected chi connectivity index (χ1v) is 7.10. The third kappa shape index (κ3) is 3.24. The number of anilines is 1. The van der Waals surface area contributed by atoms with Crippen LogP contribution in [0.1, 0.15) is 17.4 Å². The number of nitro groups is 1. The fourth-order valence-corrected chi connectivity index (χ4v) is 2.91. The van der Waals surface area contributed by atoms with Gasteiger partial charge < -0.3 is 5.32 Å². The first kappa shape index (κ1) is 13.8. The molecule has 100 valence electrons. The lowest BCUT2D eigenvalue weighted by atomic mass is 10.2. The molecule has 0 amide bonds. The second kappa shape index (κ2) is 6.04. The van der Waals surface area contributed by atoms with E-state index in [1.165, 1.54) is 22.6 Å². The van der Waals surface area contributed by atoms with E-state index in [1.807, 2.05) is 5.38 Å². The van der Waals surface area contributed by atoms with E-state index in [0.29, 0.717) is 17.3 Å². The lowest BCUT2D eigenvalue weighted by Gasteiger charge is -2.07. The van der Waals surface area contributed by atoms with E-state index in [1.54, 1.807) is 17.4 Å². The van der Waals surface area contributed by atoms with Gasteiger partial charge in [0, 0.05) is 22.5 Å². The number of thiophene rings is 1. The summed E-state index contributed by atoms with van der Waals surface area (Å²) >= 11 is 7.53. The largest absolute Gasteiger partial charge is 0.375 e. The molecule has 0 bridgehead atoms. The maximum absolute atomic E-state index is 10.9. The van der Waals surface area contributed by atoms with Gasteiger partial charge in [-0.25, -0.2) is 0 Å². The van der Waals surface area contributed by atoms with E-state index < -0.39 is 4.92 Å². The third-order valence-electron chi connectivity index (χ3n) is 2.81. The van der Waals surface area contributed by atoms with Crippen LogP contribution in [0.15, 0.2) is 29.6 Å². The lowest BCUT2D eigenvalue weighted by molar-refractivity contribution is -0.384. The molecule has 1 aromatic heterocycles. The molecular formula is C13H13ClN2O2S. The molecule has 19 heavy (non-hydrogen) atoms. The maximum Gasteiger partial charge on any atom is 0.292 e. The average Bonchev–Trinajstić information content (AvgIpc) is 2.83. The van der Waals surface area contributed by atoms with Crippen molar-refractivity contribution in [1.82, 2.24) is 0 Å². The van der Waals surface area contributed by atoms with Gasteiger partial charge in [0.15, 0.2) is 0 Å². The van der Waals surface area contributed by atoms with Gasteiger partial charge in [0.05, 0.1) is 4.92 Å². The van der Waals surface area contributed by atoms with Gasteiger partial charge in [-0.2, -0.15) is 0 Å². The van der Waals surface area contributed by atoms with Crippen LogP contribution in [-0.2, 0) is 13.0 Å². The van der Waals surface area contributed by atoms with Crippen molar-refractivity contribution in [3.8, 4) is 0 Å². The number of nitrogens with one attached hydrogen (secondary N) is 1. The third-order valence-corrected chi connectivity index (χ3v) is 4.01. The fourth-order valence-electron chi connectivity index (χ4n) is 1.82. The molecular weight excluding hydrogens is 284 g/mol. The molecule has 1 aromatic carbocycles. The topological polar surface area (TPSA) is 55.2 Å². The molecule has 0 radical (unpaired) electrons. The summed E-state index contributed by atoms with van der Waals surface area (Å²) in [6.07, 6.45) is 0.957. The highest BCUT2D eigenvalue weighted by atomic mass is 35.5. The first-order chi connectivity index (χ1) is 9.11. The van der Waals surface area contributed by atoms with Gasteiger partial charge in [-0.3, -0.25) is 10.1 Å². The van der Waals surface area contributed by atoms with Crippen LogP contribution in [0, 0.1) is 10.1 Å². The maximum atomic E-state index is 10.9. The molecule has 1 heterocycles. The zero-order valence-electron chi connectivity index (χ0n) is 10.4. The van der Waals surface area contributed by atoms with Crippen molar-refractivity contribution in [3.05, 3.63) is 55.2 Å². The van der Waals surface area contributed by atoms with Gasteiger partial charge in [0.25, 0.3) is 5.69 Å². The Morgan fingerprint density at radius 3 is 2.89 bits per heavy atom.